The highest BCUT2D eigenvalue weighted by molar-refractivity contribution is 6.74. The number of fused-ring (bicyclic) bond motifs is 1. The van der Waals surface area contributed by atoms with Crippen molar-refractivity contribution in [2.75, 3.05) is 0 Å². The van der Waals surface area contributed by atoms with Gasteiger partial charge in [-0.2, -0.15) is 0 Å². The number of rotatable bonds is 15. The van der Waals surface area contributed by atoms with Crippen molar-refractivity contribution in [1.29, 1.82) is 0 Å². The minimum atomic E-state index is -1.54. The Hall–Kier alpha value is 0.354. The maximum atomic E-state index is 7.16. The predicted molar refractivity (Wildman–Crippen MR) is 156 cm³/mol. The van der Waals surface area contributed by atoms with Gasteiger partial charge in [-0.05, 0) is 105 Å². The third kappa shape index (κ3) is 6.81. The third-order valence-corrected chi connectivity index (χ3v) is 20.5. The summed E-state index contributed by atoms with van der Waals surface area (Å²) < 4.78 is 14.1. The Balaban J connectivity index is 1.98. The molecule has 2 nitrogen and oxygen atoms in total. The average Bonchev–Trinajstić information content (AvgIpc) is 3.19. The Morgan fingerprint density at radius 3 is 1.94 bits per heavy atom. The van der Waals surface area contributed by atoms with E-state index in [1.54, 1.807) is 0 Å². The molecule has 5 atom stereocenters. The summed E-state index contributed by atoms with van der Waals surface area (Å²) in [6, 6.07) is 7.62. The van der Waals surface area contributed by atoms with Gasteiger partial charge >= 0.3 is 0 Å². The van der Waals surface area contributed by atoms with Crippen LogP contribution in [-0.2, 0) is 8.85 Å². The van der Waals surface area contributed by atoms with E-state index in [9.17, 15) is 0 Å². The van der Waals surface area contributed by atoms with Crippen molar-refractivity contribution in [3.63, 3.8) is 0 Å². The molecule has 0 N–H and O–H groups in total. The molecule has 0 aromatic heterocycles. The third-order valence-electron chi connectivity index (χ3n) is 11.0. The van der Waals surface area contributed by atoms with Crippen molar-refractivity contribution in [1.82, 2.24) is 0 Å². The van der Waals surface area contributed by atoms with Crippen LogP contribution >= 0.6 is 0 Å². The van der Waals surface area contributed by atoms with Crippen LogP contribution in [0.25, 0.3) is 0 Å². The van der Waals surface area contributed by atoms with E-state index in [0.29, 0.717) is 11.5 Å². The van der Waals surface area contributed by atoms with E-state index < -0.39 is 16.6 Å². The van der Waals surface area contributed by atoms with Crippen molar-refractivity contribution in [2.45, 2.75) is 169 Å². The first kappa shape index (κ1) is 30.6. The van der Waals surface area contributed by atoms with Crippen molar-refractivity contribution in [2.24, 2.45) is 23.2 Å². The van der Waals surface area contributed by atoms with Crippen LogP contribution in [0.3, 0.4) is 0 Å². The molecule has 0 aliphatic heterocycles. The van der Waals surface area contributed by atoms with E-state index in [0.717, 1.165) is 17.8 Å². The second kappa shape index (κ2) is 12.7. The molecule has 0 aromatic rings. The molecule has 202 valence electrons. The minimum Gasteiger partial charge on any atom is -0.414 e. The minimum absolute atomic E-state index is 0.0360. The van der Waals surface area contributed by atoms with Crippen molar-refractivity contribution >= 4 is 16.6 Å². The van der Waals surface area contributed by atoms with Gasteiger partial charge < -0.3 is 8.85 Å². The molecule has 0 saturated heterocycles. The zero-order valence-corrected chi connectivity index (χ0v) is 27.0. The van der Waals surface area contributed by atoms with Gasteiger partial charge in [0.2, 0.25) is 0 Å². The van der Waals surface area contributed by atoms with Crippen LogP contribution in [-0.4, -0.2) is 28.3 Å². The molecule has 2 rings (SSSR count). The second-order valence-corrected chi connectivity index (χ2v) is 22.5. The van der Waals surface area contributed by atoms with Gasteiger partial charge in [-0.1, -0.05) is 74.7 Å². The Morgan fingerprint density at radius 1 is 0.853 bits per heavy atom. The van der Waals surface area contributed by atoms with Crippen LogP contribution in [0.1, 0.15) is 121 Å². The smallest absolute Gasteiger partial charge is 0.192 e. The largest absolute Gasteiger partial charge is 0.414 e. The van der Waals surface area contributed by atoms with Crippen molar-refractivity contribution in [3.8, 4) is 0 Å². The van der Waals surface area contributed by atoms with Crippen LogP contribution in [0.5, 0.6) is 0 Å². The lowest BCUT2D eigenvalue weighted by atomic mass is 9.61. The summed E-state index contributed by atoms with van der Waals surface area (Å²) in [5, 5.41) is 0. The molecule has 0 radical (unpaired) electrons. The van der Waals surface area contributed by atoms with Gasteiger partial charge in [-0.15, -0.1) is 0 Å². The Kier molecular flexibility index (Phi) is 11.5. The summed E-state index contributed by atoms with van der Waals surface area (Å²) in [6.45, 7) is 24.2. The lowest BCUT2D eigenvalue weighted by Crippen LogP contribution is -2.48. The highest BCUT2D eigenvalue weighted by Gasteiger charge is 2.53. The summed E-state index contributed by atoms with van der Waals surface area (Å²) in [5.41, 5.74) is 0.534. The zero-order valence-electron chi connectivity index (χ0n) is 25.0. The first-order chi connectivity index (χ1) is 16.0. The summed E-state index contributed by atoms with van der Waals surface area (Å²) >= 11 is 0. The van der Waals surface area contributed by atoms with Gasteiger partial charge in [0.1, 0.15) is 0 Å². The second-order valence-electron chi connectivity index (χ2n) is 13.1. The lowest BCUT2D eigenvalue weighted by Gasteiger charge is -2.49. The molecule has 2 unspecified atom stereocenters. The van der Waals surface area contributed by atoms with Gasteiger partial charge in [0.15, 0.2) is 16.6 Å². The summed E-state index contributed by atoms with van der Waals surface area (Å²) in [6.07, 6.45) is 11.4. The van der Waals surface area contributed by atoms with Gasteiger partial charge in [0.25, 0.3) is 0 Å². The van der Waals surface area contributed by atoms with E-state index in [2.05, 4.69) is 69.2 Å². The van der Waals surface area contributed by atoms with Gasteiger partial charge in [-0.3, -0.25) is 0 Å². The first-order valence-corrected chi connectivity index (χ1v) is 20.4. The Morgan fingerprint density at radius 2 is 1.41 bits per heavy atom. The maximum absolute atomic E-state index is 7.16. The monoisotopic (exact) mass is 510 g/mol. The summed E-state index contributed by atoms with van der Waals surface area (Å²) in [7, 11) is -3.07. The van der Waals surface area contributed by atoms with E-state index >= 15 is 0 Å². The van der Waals surface area contributed by atoms with Crippen LogP contribution in [0.15, 0.2) is 0 Å². The molecular weight excluding hydrogens is 449 g/mol. The normalized spacial score (nSPS) is 29.3. The van der Waals surface area contributed by atoms with Crippen LogP contribution in [0.2, 0.25) is 36.3 Å². The topological polar surface area (TPSA) is 18.5 Å². The van der Waals surface area contributed by atoms with E-state index in [-0.39, 0.29) is 5.60 Å². The SMILES string of the molecule is CC[Si](CC)(CC)O[C@H]1CCC[C@]2(C)C([C@H](C)CCCC(C)(C)O[Si](CC)(CC)CC)CCC12. The first-order valence-electron chi connectivity index (χ1n) is 15.4. The fourth-order valence-corrected chi connectivity index (χ4v) is 14.3. The Labute approximate surface area is 217 Å². The summed E-state index contributed by atoms with van der Waals surface area (Å²) in [4.78, 5) is 0. The molecular formula is C30H62O2Si2. The van der Waals surface area contributed by atoms with Gasteiger partial charge in [-0.25, -0.2) is 0 Å². The van der Waals surface area contributed by atoms with Crippen LogP contribution in [0, 0.1) is 23.2 Å². The molecule has 34 heavy (non-hydrogen) atoms. The molecule has 0 amide bonds. The van der Waals surface area contributed by atoms with Gasteiger partial charge in [0.05, 0.1) is 5.60 Å². The number of hydrogen-bond acceptors (Lipinski definition) is 2. The standard InChI is InChI=1S/C30H62O2Si2/c1-11-33(12-2,13-3)31-28-20-18-24-30(10)26(21-22-27(28)30)25(7)19-17-23-29(8,9)32-34(14-4,15-5)16-6/h25-28H,11-24H2,1-10H3/t25-,26?,27?,28+,30-/m1/s1. The van der Waals surface area contributed by atoms with E-state index in [1.165, 1.54) is 87.6 Å². The number of hydrogen-bond donors (Lipinski definition) is 0. The molecule has 0 heterocycles. The molecule has 2 fully saturated rings. The molecule has 0 spiro atoms. The highest BCUT2D eigenvalue weighted by atomic mass is 28.4. The Bertz CT molecular complexity index is 582. The van der Waals surface area contributed by atoms with Gasteiger partial charge in [0, 0.05) is 6.10 Å². The molecule has 2 aliphatic rings. The predicted octanol–water partition coefficient (Wildman–Crippen LogP) is 10.2. The molecule has 0 bridgehead atoms. The molecule has 2 aliphatic carbocycles. The highest BCUT2D eigenvalue weighted by Crippen LogP contribution is 2.59. The molecule has 4 heteroatoms. The fraction of sp³-hybridized carbons (Fsp3) is 1.00. The molecule has 2 saturated carbocycles. The van der Waals surface area contributed by atoms with E-state index in [1.807, 2.05) is 0 Å². The quantitative estimate of drug-likeness (QED) is 0.204. The molecule has 0 aromatic carbocycles. The zero-order chi connectivity index (χ0) is 25.6. The fourth-order valence-electron chi connectivity index (χ4n) is 8.21. The van der Waals surface area contributed by atoms with Crippen molar-refractivity contribution < 1.29 is 8.85 Å². The summed E-state index contributed by atoms with van der Waals surface area (Å²) in [5.74, 6) is 2.50. The maximum Gasteiger partial charge on any atom is 0.192 e. The van der Waals surface area contributed by atoms with E-state index in [4.69, 9.17) is 8.85 Å². The average molecular weight is 511 g/mol. The van der Waals surface area contributed by atoms with Crippen molar-refractivity contribution in [3.05, 3.63) is 0 Å². The van der Waals surface area contributed by atoms with Crippen LogP contribution in [0.4, 0.5) is 0 Å². The van der Waals surface area contributed by atoms with Crippen LogP contribution < -0.4 is 0 Å². The lowest BCUT2D eigenvalue weighted by molar-refractivity contribution is -0.0208.